The Morgan fingerprint density at radius 3 is 2.52 bits per heavy atom. The Morgan fingerprint density at radius 1 is 1.03 bits per heavy atom. The molecule has 0 unspecified atom stereocenters. The zero-order valence-corrected chi connectivity index (χ0v) is 16.3. The Balaban J connectivity index is 1.60. The molecule has 3 heterocycles. The lowest BCUT2D eigenvalue weighted by molar-refractivity contribution is 0.0615. The first kappa shape index (κ1) is 19.3. The molecule has 0 saturated carbocycles. The van der Waals surface area contributed by atoms with Gasteiger partial charge in [0.25, 0.3) is 5.91 Å². The molecule has 29 heavy (non-hydrogen) atoms. The molecular weight excluding hydrogens is 366 g/mol. The van der Waals surface area contributed by atoms with Crippen LogP contribution in [0.15, 0.2) is 61.1 Å². The van der Waals surface area contributed by atoms with Gasteiger partial charge in [0.1, 0.15) is 5.69 Å². The molecule has 2 aromatic heterocycles. The molecule has 1 aliphatic heterocycles. The second-order valence-electron chi connectivity index (χ2n) is 7.17. The van der Waals surface area contributed by atoms with Crippen LogP contribution in [0.3, 0.4) is 0 Å². The van der Waals surface area contributed by atoms with Crippen molar-refractivity contribution >= 4 is 5.91 Å². The molecule has 0 radical (unpaired) electrons. The SMILES string of the molecule is O=C(c1cn(Cc2ccccc2)nc1-c1cccnc1)N1CCN(CCO)CC1. The summed E-state index contributed by atoms with van der Waals surface area (Å²) in [5.41, 5.74) is 3.23. The zero-order chi connectivity index (χ0) is 20.1. The third kappa shape index (κ3) is 4.52. The van der Waals surface area contributed by atoms with Gasteiger partial charge in [0.2, 0.25) is 0 Å². The first-order chi connectivity index (χ1) is 14.2. The highest BCUT2D eigenvalue weighted by atomic mass is 16.3. The van der Waals surface area contributed by atoms with Crippen molar-refractivity contribution in [1.29, 1.82) is 0 Å². The van der Waals surface area contributed by atoms with Gasteiger partial charge in [-0.15, -0.1) is 0 Å². The maximum Gasteiger partial charge on any atom is 0.257 e. The van der Waals surface area contributed by atoms with Gasteiger partial charge in [-0.2, -0.15) is 5.10 Å². The minimum absolute atomic E-state index is 0.00758. The van der Waals surface area contributed by atoms with Crippen LogP contribution in [-0.4, -0.2) is 74.9 Å². The monoisotopic (exact) mass is 391 g/mol. The first-order valence-corrected chi connectivity index (χ1v) is 9.89. The fourth-order valence-electron chi connectivity index (χ4n) is 3.63. The van der Waals surface area contributed by atoms with Crippen LogP contribution in [0.25, 0.3) is 11.3 Å². The summed E-state index contributed by atoms with van der Waals surface area (Å²) in [4.78, 5) is 21.5. The molecule has 1 fully saturated rings. The lowest BCUT2D eigenvalue weighted by Crippen LogP contribution is -2.49. The summed E-state index contributed by atoms with van der Waals surface area (Å²) in [6.07, 6.45) is 5.30. The number of nitrogens with zero attached hydrogens (tertiary/aromatic N) is 5. The van der Waals surface area contributed by atoms with Crippen molar-refractivity contribution in [1.82, 2.24) is 24.6 Å². The average Bonchev–Trinajstić information content (AvgIpc) is 3.19. The number of amides is 1. The van der Waals surface area contributed by atoms with Gasteiger partial charge in [-0.05, 0) is 17.7 Å². The molecule has 3 aromatic rings. The largest absolute Gasteiger partial charge is 0.395 e. The number of β-amino-alcohol motifs (C(OH)–C–C–N with tert-alkyl or cyclic N) is 1. The van der Waals surface area contributed by atoms with E-state index in [0.717, 1.165) is 24.2 Å². The van der Waals surface area contributed by atoms with Gasteiger partial charge in [0, 0.05) is 56.9 Å². The molecule has 1 aliphatic rings. The predicted octanol–water partition coefficient (Wildman–Crippen LogP) is 1.74. The summed E-state index contributed by atoms with van der Waals surface area (Å²) in [6, 6.07) is 13.9. The lowest BCUT2D eigenvalue weighted by Gasteiger charge is -2.34. The average molecular weight is 391 g/mol. The molecule has 7 nitrogen and oxygen atoms in total. The van der Waals surface area contributed by atoms with Crippen LogP contribution in [0.1, 0.15) is 15.9 Å². The van der Waals surface area contributed by atoms with Gasteiger partial charge >= 0.3 is 0 Å². The Bertz CT molecular complexity index is 934. The first-order valence-electron chi connectivity index (χ1n) is 9.89. The molecule has 0 atom stereocenters. The lowest BCUT2D eigenvalue weighted by atomic mass is 10.1. The van der Waals surface area contributed by atoms with Gasteiger partial charge in [-0.3, -0.25) is 19.4 Å². The molecular formula is C22H25N5O2. The summed E-state index contributed by atoms with van der Waals surface area (Å²) >= 11 is 0. The normalized spacial score (nSPS) is 14.9. The molecule has 1 aromatic carbocycles. The zero-order valence-electron chi connectivity index (χ0n) is 16.3. The highest BCUT2D eigenvalue weighted by Gasteiger charge is 2.26. The maximum atomic E-state index is 13.3. The van der Waals surface area contributed by atoms with E-state index >= 15 is 0 Å². The number of aromatic nitrogens is 3. The predicted molar refractivity (Wildman–Crippen MR) is 110 cm³/mol. The topological polar surface area (TPSA) is 74.5 Å². The molecule has 4 rings (SSSR count). The number of aliphatic hydroxyl groups is 1. The molecule has 0 bridgehead atoms. The highest BCUT2D eigenvalue weighted by molar-refractivity contribution is 5.99. The standard InChI is InChI=1S/C22H25N5O2/c28-14-13-25-9-11-26(12-10-25)22(29)20-17-27(16-18-5-2-1-3-6-18)24-21(20)19-7-4-8-23-15-19/h1-8,15,17,28H,9-14,16H2. The third-order valence-corrected chi connectivity index (χ3v) is 5.19. The number of aliphatic hydroxyl groups excluding tert-OH is 1. The van der Waals surface area contributed by atoms with E-state index in [1.165, 1.54) is 0 Å². The quantitative estimate of drug-likeness (QED) is 0.693. The van der Waals surface area contributed by atoms with E-state index in [0.29, 0.717) is 37.4 Å². The molecule has 7 heteroatoms. The molecule has 1 N–H and O–H groups in total. The van der Waals surface area contributed by atoms with Crippen molar-refractivity contribution < 1.29 is 9.90 Å². The molecule has 0 aliphatic carbocycles. The molecule has 0 spiro atoms. The van der Waals surface area contributed by atoms with E-state index in [9.17, 15) is 4.79 Å². The van der Waals surface area contributed by atoms with E-state index in [1.54, 1.807) is 12.4 Å². The smallest absolute Gasteiger partial charge is 0.257 e. The number of hydrogen-bond donors (Lipinski definition) is 1. The highest BCUT2D eigenvalue weighted by Crippen LogP contribution is 2.23. The van der Waals surface area contributed by atoms with Gasteiger partial charge in [0.15, 0.2) is 0 Å². The van der Waals surface area contributed by atoms with Crippen molar-refractivity contribution in [2.45, 2.75) is 6.54 Å². The molecule has 150 valence electrons. The van der Waals surface area contributed by atoms with Crippen molar-refractivity contribution in [3.63, 3.8) is 0 Å². The summed E-state index contributed by atoms with van der Waals surface area (Å²) in [7, 11) is 0. The van der Waals surface area contributed by atoms with Crippen molar-refractivity contribution in [2.24, 2.45) is 0 Å². The van der Waals surface area contributed by atoms with Crippen LogP contribution in [0.4, 0.5) is 0 Å². The van der Waals surface area contributed by atoms with Crippen LogP contribution in [0.5, 0.6) is 0 Å². The van der Waals surface area contributed by atoms with E-state index in [-0.39, 0.29) is 12.5 Å². The Kier molecular flexibility index (Phi) is 5.97. The molecule has 1 saturated heterocycles. The molecule has 1 amide bonds. The second-order valence-corrected chi connectivity index (χ2v) is 7.17. The summed E-state index contributed by atoms with van der Waals surface area (Å²) < 4.78 is 1.83. The van der Waals surface area contributed by atoms with E-state index in [2.05, 4.69) is 9.88 Å². The van der Waals surface area contributed by atoms with E-state index < -0.39 is 0 Å². The van der Waals surface area contributed by atoms with Gasteiger partial charge in [-0.25, -0.2) is 0 Å². The minimum atomic E-state index is -0.00758. The number of rotatable bonds is 6. The van der Waals surface area contributed by atoms with Gasteiger partial charge < -0.3 is 10.0 Å². The van der Waals surface area contributed by atoms with Crippen molar-refractivity contribution in [3.05, 3.63) is 72.2 Å². The van der Waals surface area contributed by atoms with Crippen LogP contribution in [0.2, 0.25) is 0 Å². The fraction of sp³-hybridized carbons (Fsp3) is 0.318. The number of carbonyl (C=O) groups is 1. The van der Waals surface area contributed by atoms with Crippen LogP contribution < -0.4 is 0 Å². The number of benzene rings is 1. The minimum Gasteiger partial charge on any atom is -0.395 e. The summed E-state index contributed by atoms with van der Waals surface area (Å²) in [5, 5.41) is 13.8. The second kappa shape index (κ2) is 8.98. The fourth-order valence-corrected chi connectivity index (χ4v) is 3.63. The summed E-state index contributed by atoms with van der Waals surface area (Å²) in [6.45, 7) is 4.23. The summed E-state index contributed by atoms with van der Waals surface area (Å²) in [5.74, 6) is -0.00758. The van der Waals surface area contributed by atoms with Crippen LogP contribution in [-0.2, 0) is 6.54 Å². The van der Waals surface area contributed by atoms with Crippen LogP contribution in [0, 0.1) is 0 Å². The Hall–Kier alpha value is -3.03. The number of pyridine rings is 1. The Labute approximate surface area is 170 Å². The number of piperazine rings is 1. The van der Waals surface area contributed by atoms with Gasteiger partial charge in [0.05, 0.1) is 18.7 Å². The van der Waals surface area contributed by atoms with Crippen LogP contribution >= 0.6 is 0 Å². The van der Waals surface area contributed by atoms with Crippen molar-refractivity contribution in [2.75, 3.05) is 39.3 Å². The van der Waals surface area contributed by atoms with E-state index in [4.69, 9.17) is 10.2 Å². The van der Waals surface area contributed by atoms with E-state index in [1.807, 2.05) is 58.2 Å². The Morgan fingerprint density at radius 2 is 1.83 bits per heavy atom. The number of carbonyl (C=O) groups excluding carboxylic acids is 1. The number of hydrogen-bond acceptors (Lipinski definition) is 5. The van der Waals surface area contributed by atoms with Gasteiger partial charge in [-0.1, -0.05) is 30.3 Å². The maximum absolute atomic E-state index is 13.3. The third-order valence-electron chi connectivity index (χ3n) is 5.19. The van der Waals surface area contributed by atoms with Crippen molar-refractivity contribution in [3.8, 4) is 11.3 Å².